The van der Waals surface area contributed by atoms with Gasteiger partial charge in [-0.25, -0.2) is 4.79 Å². The molecule has 0 aliphatic heterocycles. The van der Waals surface area contributed by atoms with Gasteiger partial charge in [0.15, 0.2) is 0 Å². The molecule has 22 heavy (non-hydrogen) atoms. The van der Waals surface area contributed by atoms with Gasteiger partial charge in [0.25, 0.3) is 0 Å². The topological polar surface area (TPSA) is 42.2 Å². The third-order valence-electron chi connectivity index (χ3n) is 4.44. The summed E-state index contributed by atoms with van der Waals surface area (Å²) in [7, 11) is 0. The second-order valence-corrected chi connectivity index (χ2v) is 7.04. The van der Waals surface area contributed by atoms with Crippen LogP contribution >= 0.6 is 0 Å². The normalized spacial score (nSPS) is 12.1. The first-order valence-corrected chi connectivity index (χ1v) is 8.11. The number of benzene rings is 1. The van der Waals surface area contributed by atoms with Crippen molar-refractivity contribution >= 4 is 16.9 Å². The molecule has 0 saturated carbocycles. The van der Waals surface area contributed by atoms with Crippen LogP contribution in [0.1, 0.15) is 68.2 Å². The zero-order valence-corrected chi connectivity index (χ0v) is 14.6. The van der Waals surface area contributed by atoms with Gasteiger partial charge in [0.05, 0.1) is 11.1 Å². The first kappa shape index (κ1) is 16.6. The van der Waals surface area contributed by atoms with Crippen LogP contribution in [0.4, 0.5) is 0 Å². The second kappa shape index (κ2) is 5.79. The molecule has 0 amide bonds. The highest BCUT2D eigenvalue weighted by molar-refractivity contribution is 6.04. The molecule has 0 spiro atoms. The van der Waals surface area contributed by atoms with E-state index < -0.39 is 5.97 Å². The van der Waals surface area contributed by atoms with Gasteiger partial charge in [-0.1, -0.05) is 34.6 Å². The van der Waals surface area contributed by atoms with Crippen molar-refractivity contribution in [2.75, 3.05) is 0 Å². The van der Waals surface area contributed by atoms with E-state index in [2.05, 4.69) is 52.2 Å². The van der Waals surface area contributed by atoms with Gasteiger partial charge in [-0.3, -0.25) is 0 Å². The van der Waals surface area contributed by atoms with Gasteiger partial charge in [0.2, 0.25) is 0 Å². The molecule has 0 unspecified atom stereocenters. The van der Waals surface area contributed by atoms with Gasteiger partial charge >= 0.3 is 5.97 Å². The minimum atomic E-state index is -0.839. The van der Waals surface area contributed by atoms with Crippen LogP contribution in [0.2, 0.25) is 0 Å². The Morgan fingerprint density at radius 3 is 2.32 bits per heavy atom. The SMILES string of the molecule is CCCn1c(C)c(CC)c2cc(C(C)(C)C)cc(C(=O)O)c21. The summed E-state index contributed by atoms with van der Waals surface area (Å²) in [4.78, 5) is 11.8. The maximum Gasteiger partial charge on any atom is 0.337 e. The monoisotopic (exact) mass is 301 g/mol. The Labute approximate surface area is 133 Å². The van der Waals surface area contributed by atoms with E-state index in [1.54, 1.807) is 0 Å². The van der Waals surface area contributed by atoms with Crippen LogP contribution in [0, 0.1) is 6.92 Å². The molecular weight excluding hydrogens is 274 g/mol. The van der Waals surface area contributed by atoms with Crippen molar-refractivity contribution in [2.45, 2.75) is 66.3 Å². The van der Waals surface area contributed by atoms with Crippen LogP contribution in [0.25, 0.3) is 10.9 Å². The lowest BCUT2D eigenvalue weighted by Gasteiger charge is -2.20. The summed E-state index contributed by atoms with van der Waals surface area (Å²) in [5.41, 5.74) is 4.81. The van der Waals surface area contributed by atoms with Crippen molar-refractivity contribution in [1.82, 2.24) is 4.57 Å². The van der Waals surface area contributed by atoms with Crippen molar-refractivity contribution in [3.05, 3.63) is 34.5 Å². The van der Waals surface area contributed by atoms with Crippen LogP contribution < -0.4 is 0 Å². The van der Waals surface area contributed by atoms with Gasteiger partial charge in [0.1, 0.15) is 0 Å². The standard InChI is InChI=1S/C19H27NO2/c1-7-9-20-12(3)14(8-2)15-10-13(19(4,5)6)11-16(17(15)20)18(21)22/h10-11H,7-9H2,1-6H3,(H,21,22). The minimum absolute atomic E-state index is 0.0653. The fraction of sp³-hybridized carbons (Fsp3) is 0.526. The fourth-order valence-electron chi connectivity index (χ4n) is 3.23. The average molecular weight is 301 g/mol. The van der Waals surface area contributed by atoms with Gasteiger partial charge in [-0.15, -0.1) is 0 Å². The highest BCUT2D eigenvalue weighted by atomic mass is 16.4. The molecule has 3 heteroatoms. The minimum Gasteiger partial charge on any atom is -0.478 e. The molecule has 0 radical (unpaired) electrons. The van der Waals surface area contributed by atoms with Crippen LogP contribution in [0.3, 0.4) is 0 Å². The zero-order valence-electron chi connectivity index (χ0n) is 14.6. The number of aryl methyl sites for hydroxylation is 2. The van der Waals surface area contributed by atoms with E-state index in [0.717, 1.165) is 35.9 Å². The molecule has 1 N–H and O–H groups in total. The van der Waals surface area contributed by atoms with E-state index >= 15 is 0 Å². The second-order valence-electron chi connectivity index (χ2n) is 7.04. The van der Waals surface area contributed by atoms with Crippen molar-refractivity contribution in [1.29, 1.82) is 0 Å². The van der Waals surface area contributed by atoms with Gasteiger partial charge in [-0.05, 0) is 48.4 Å². The van der Waals surface area contributed by atoms with Crippen molar-refractivity contribution < 1.29 is 9.90 Å². The largest absolute Gasteiger partial charge is 0.478 e. The molecule has 120 valence electrons. The summed E-state index contributed by atoms with van der Waals surface area (Å²) in [6, 6.07) is 4.05. The first-order valence-electron chi connectivity index (χ1n) is 8.11. The molecular formula is C19H27NO2. The number of carboxylic acids is 1. The number of carboxylic acid groups (broad SMARTS) is 1. The Balaban J connectivity index is 2.95. The summed E-state index contributed by atoms with van der Waals surface area (Å²) < 4.78 is 2.18. The van der Waals surface area contributed by atoms with Crippen LogP contribution in [-0.2, 0) is 18.4 Å². The fourth-order valence-corrected chi connectivity index (χ4v) is 3.23. The molecule has 0 saturated heterocycles. The van der Waals surface area contributed by atoms with Crippen LogP contribution in [-0.4, -0.2) is 15.6 Å². The highest BCUT2D eigenvalue weighted by Crippen LogP contribution is 2.34. The number of rotatable bonds is 4. The maximum atomic E-state index is 11.8. The lowest BCUT2D eigenvalue weighted by atomic mass is 9.84. The quantitative estimate of drug-likeness (QED) is 0.871. The molecule has 0 atom stereocenters. The Morgan fingerprint density at radius 2 is 1.86 bits per heavy atom. The number of carbonyl (C=O) groups is 1. The van der Waals surface area contributed by atoms with E-state index in [1.807, 2.05) is 6.07 Å². The molecule has 2 aromatic rings. The Morgan fingerprint density at radius 1 is 1.23 bits per heavy atom. The third kappa shape index (κ3) is 2.65. The number of aromatic carboxylic acids is 1. The Bertz CT molecular complexity index is 717. The molecule has 1 aromatic heterocycles. The summed E-state index contributed by atoms with van der Waals surface area (Å²) in [6.07, 6.45) is 1.92. The maximum absolute atomic E-state index is 11.8. The molecule has 0 fully saturated rings. The first-order chi connectivity index (χ1) is 10.2. The predicted molar refractivity (Wildman–Crippen MR) is 92.0 cm³/mol. The van der Waals surface area contributed by atoms with E-state index in [9.17, 15) is 9.90 Å². The van der Waals surface area contributed by atoms with E-state index in [1.165, 1.54) is 11.3 Å². The van der Waals surface area contributed by atoms with Gasteiger partial charge in [-0.2, -0.15) is 0 Å². The summed E-state index contributed by atoms with van der Waals surface area (Å²) >= 11 is 0. The number of hydrogen-bond acceptors (Lipinski definition) is 1. The molecule has 2 rings (SSSR count). The van der Waals surface area contributed by atoms with E-state index in [-0.39, 0.29) is 5.41 Å². The van der Waals surface area contributed by atoms with E-state index in [4.69, 9.17) is 0 Å². The smallest absolute Gasteiger partial charge is 0.337 e. The number of aromatic nitrogens is 1. The highest BCUT2D eigenvalue weighted by Gasteiger charge is 2.23. The molecule has 1 heterocycles. The van der Waals surface area contributed by atoms with Crippen LogP contribution in [0.15, 0.2) is 12.1 Å². The van der Waals surface area contributed by atoms with Gasteiger partial charge < -0.3 is 9.67 Å². The Kier molecular flexibility index (Phi) is 4.37. The number of fused-ring (bicyclic) bond motifs is 1. The van der Waals surface area contributed by atoms with Crippen molar-refractivity contribution in [2.24, 2.45) is 0 Å². The summed E-state index contributed by atoms with van der Waals surface area (Å²) in [6.45, 7) is 13.6. The summed E-state index contributed by atoms with van der Waals surface area (Å²) in [5, 5.41) is 10.8. The lowest BCUT2D eigenvalue weighted by molar-refractivity contribution is 0.0698. The third-order valence-corrected chi connectivity index (χ3v) is 4.44. The molecule has 0 aliphatic rings. The average Bonchev–Trinajstić information content (AvgIpc) is 2.69. The molecule has 0 bridgehead atoms. The molecule has 1 aromatic carbocycles. The number of hydrogen-bond donors (Lipinski definition) is 1. The van der Waals surface area contributed by atoms with Crippen LogP contribution in [0.5, 0.6) is 0 Å². The van der Waals surface area contributed by atoms with Crippen molar-refractivity contribution in [3.8, 4) is 0 Å². The summed E-state index contributed by atoms with van der Waals surface area (Å²) in [5.74, 6) is -0.839. The van der Waals surface area contributed by atoms with E-state index in [0.29, 0.717) is 5.56 Å². The molecule has 0 aliphatic carbocycles. The van der Waals surface area contributed by atoms with Gasteiger partial charge in [0, 0.05) is 17.6 Å². The Hall–Kier alpha value is -1.77. The lowest BCUT2D eigenvalue weighted by Crippen LogP contribution is -2.13. The number of nitrogens with zero attached hydrogens (tertiary/aromatic N) is 1. The van der Waals surface area contributed by atoms with Crippen molar-refractivity contribution in [3.63, 3.8) is 0 Å². The molecule has 3 nitrogen and oxygen atoms in total. The zero-order chi connectivity index (χ0) is 16.7. The predicted octanol–water partition coefficient (Wildman–Crippen LogP) is 4.92.